The van der Waals surface area contributed by atoms with Crippen molar-refractivity contribution in [1.29, 1.82) is 0 Å². The maximum atomic E-state index is 11.3. The summed E-state index contributed by atoms with van der Waals surface area (Å²) in [6.45, 7) is 7.48. The molecule has 1 aromatic rings. The highest BCUT2D eigenvalue weighted by atomic mass is 127. The van der Waals surface area contributed by atoms with E-state index in [0.717, 1.165) is 55.8 Å². The molecule has 1 aromatic carbocycles. The summed E-state index contributed by atoms with van der Waals surface area (Å²) in [6.07, 6.45) is 0. The monoisotopic (exact) mass is 479 g/mol. The van der Waals surface area contributed by atoms with E-state index in [1.165, 1.54) is 0 Å². The van der Waals surface area contributed by atoms with Crippen molar-refractivity contribution in [2.24, 2.45) is 4.99 Å². The normalized spacial score (nSPS) is 15.5. The van der Waals surface area contributed by atoms with E-state index in [9.17, 15) is 4.79 Å². The summed E-state index contributed by atoms with van der Waals surface area (Å²) in [5.74, 6) is 0.925. The summed E-state index contributed by atoms with van der Waals surface area (Å²) in [7, 11) is 1.76. The van der Waals surface area contributed by atoms with E-state index in [4.69, 9.17) is 11.6 Å². The molecule has 0 saturated carbocycles. The summed E-state index contributed by atoms with van der Waals surface area (Å²) in [6, 6.07) is 7.77. The maximum absolute atomic E-state index is 11.3. The fourth-order valence-corrected chi connectivity index (χ4v) is 2.86. The van der Waals surface area contributed by atoms with Crippen LogP contribution in [0.4, 0.5) is 0 Å². The van der Waals surface area contributed by atoms with Crippen molar-refractivity contribution < 1.29 is 4.79 Å². The molecule has 1 saturated heterocycles. The molecule has 1 aliphatic rings. The lowest BCUT2D eigenvalue weighted by Gasteiger charge is -2.34. The van der Waals surface area contributed by atoms with E-state index in [-0.39, 0.29) is 29.9 Å². The van der Waals surface area contributed by atoms with E-state index in [1.807, 2.05) is 29.2 Å². The van der Waals surface area contributed by atoms with Crippen molar-refractivity contribution in [2.75, 3.05) is 46.3 Å². The Labute approximate surface area is 172 Å². The second-order valence-corrected chi connectivity index (χ2v) is 6.20. The van der Waals surface area contributed by atoms with Gasteiger partial charge in [0, 0.05) is 64.8 Å². The molecule has 0 atom stereocenters. The third-order valence-electron chi connectivity index (χ3n) is 4.17. The number of rotatable bonds is 5. The molecule has 0 aromatic heterocycles. The number of piperazine rings is 1. The minimum Gasteiger partial charge on any atom is -0.355 e. The number of carbonyl (C=O) groups is 1. The van der Waals surface area contributed by atoms with Gasteiger partial charge in [0.15, 0.2) is 5.96 Å². The van der Waals surface area contributed by atoms with Crippen LogP contribution in [0.3, 0.4) is 0 Å². The fraction of sp³-hybridized carbons (Fsp3) is 0.529. The predicted molar refractivity (Wildman–Crippen MR) is 114 cm³/mol. The van der Waals surface area contributed by atoms with Crippen LogP contribution in [0.1, 0.15) is 12.5 Å². The molecule has 0 bridgehead atoms. The highest BCUT2D eigenvalue weighted by Crippen LogP contribution is 2.14. The number of hydrogen-bond donors (Lipinski definition) is 2. The van der Waals surface area contributed by atoms with Gasteiger partial charge >= 0.3 is 0 Å². The number of hydrogen-bond acceptors (Lipinski definition) is 3. The lowest BCUT2D eigenvalue weighted by Crippen LogP contribution is -2.50. The Hall–Kier alpha value is -1.06. The van der Waals surface area contributed by atoms with Crippen LogP contribution < -0.4 is 10.6 Å². The third-order valence-corrected chi connectivity index (χ3v) is 4.53. The van der Waals surface area contributed by atoms with Crippen molar-refractivity contribution in [3.8, 4) is 0 Å². The highest BCUT2D eigenvalue weighted by molar-refractivity contribution is 14.0. The Morgan fingerprint density at radius 1 is 1.20 bits per heavy atom. The first-order valence-corrected chi connectivity index (χ1v) is 8.63. The molecule has 2 N–H and O–H groups in total. The number of amides is 1. The number of halogens is 2. The van der Waals surface area contributed by atoms with Gasteiger partial charge in [-0.25, -0.2) is 0 Å². The first-order chi connectivity index (χ1) is 11.6. The zero-order chi connectivity index (χ0) is 17.4. The van der Waals surface area contributed by atoms with Crippen molar-refractivity contribution in [3.05, 3.63) is 34.9 Å². The van der Waals surface area contributed by atoms with Gasteiger partial charge in [0.1, 0.15) is 0 Å². The van der Waals surface area contributed by atoms with E-state index in [0.29, 0.717) is 6.54 Å². The Morgan fingerprint density at radius 3 is 2.48 bits per heavy atom. The van der Waals surface area contributed by atoms with E-state index < -0.39 is 0 Å². The molecule has 0 aliphatic carbocycles. The van der Waals surface area contributed by atoms with Gasteiger partial charge in [0.05, 0.1) is 0 Å². The number of guanidine groups is 1. The Balaban J connectivity index is 0.00000312. The molecule has 1 aliphatic heterocycles. The minimum absolute atomic E-state index is 0. The van der Waals surface area contributed by atoms with Gasteiger partial charge < -0.3 is 15.5 Å². The quantitative estimate of drug-likeness (QED) is 0.384. The van der Waals surface area contributed by atoms with Crippen LogP contribution in [-0.4, -0.2) is 68.0 Å². The zero-order valence-electron chi connectivity index (χ0n) is 14.8. The van der Waals surface area contributed by atoms with Crippen molar-refractivity contribution in [3.63, 3.8) is 0 Å². The maximum Gasteiger partial charge on any atom is 0.219 e. The van der Waals surface area contributed by atoms with Crippen LogP contribution in [0.5, 0.6) is 0 Å². The van der Waals surface area contributed by atoms with Crippen LogP contribution in [0.15, 0.2) is 29.3 Å². The van der Waals surface area contributed by atoms with E-state index in [1.54, 1.807) is 14.0 Å². The first kappa shape index (κ1) is 22.0. The van der Waals surface area contributed by atoms with E-state index in [2.05, 4.69) is 20.5 Å². The summed E-state index contributed by atoms with van der Waals surface area (Å²) >= 11 is 6.16. The molecule has 1 heterocycles. The molecule has 0 radical (unpaired) electrons. The molecule has 0 unspecified atom stereocenters. The van der Waals surface area contributed by atoms with Gasteiger partial charge in [0.25, 0.3) is 0 Å². The van der Waals surface area contributed by atoms with Gasteiger partial charge in [-0.15, -0.1) is 24.0 Å². The lowest BCUT2D eigenvalue weighted by atomic mass is 10.2. The van der Waals surface area contributed by atoms with E-state index >= 15 is 0 Å². The minimum atomic E-state index is 0. The molecule has 2 rings (SSSR count). The van der Waals surface area contributed by atoms with Gasteiger partial charge in [0.2, 0.25) is 5.91 Å². The molecule has 25 heavy (non-hydrogen) atoms. The zero-order valence-corrected chi connectivity index (χ0v) is 17.9. The van der Waals surface area contributed by atoms with Gasteiger partial charge in [-0.05, 0) is 11.6 Å². The average Bonchev–Trinajstić information content (AvgIpc) is 2.59. The Kier molecular flexibility index (Phi) is 10.1. The van der Waals surface area contributed by atoms with Crippen LogP contribution in [0.25, 0.3) is 0 Å². The molecule has 1 fully saturated rings. The van der Waals surface area contributed by atoms with Crippen molar-refractivity contribution in [2.45, 2.75) is 13.5 Å². The van der Waals surface area contributed by atoms with Crippen LogP contribution in [0, 0.1) is 0 Å². The third kappa shape index (κ3) is 7.37. The number of nitrogens with zero attached hydrogens (tertiary/aromatic N) is 3. The largest absolute Gasteiger partial charge is 0.355 e. The fourth-order valence-electron chi connectivity index (χ4n) is 2.66. The van der Waals surface area contributed by atoms with Crippen molar-refractivity contribution in [1.82, 2.24) is 20.4 Å². The molecule has 1 amide bonds. The van der Waals surface area contributed by atoms with Gasteiger partial charge in [-0.3, -0.25) is 14.7 Å². The van der Waals surface area contributed by atoms with Gasteiger partial charge in [-0.2, -0.15) is 0 Å². The number of nitrogens with one attached hydrogen (secondary N) is 2. The van der Waals surface area contributed by atoms with Crippen LogP contribution >= 0.6 is 35.6 Å². The number of benzene rings is 1. The topological polar surface area (TPSA) is 60.0 Å². The van der Waals surface area contributed by atoms with Crippen LogP contribution in [0.2, 0.25) is 5.02 Å². The number of aliphatic imine (C=N–C) groups is 1. The standard InChI is InChI=1S/C17H26ClN5O.HI/c1-14(24)23-11-9-22(10-12-23)8-7-20-17(19-2)21-13-15-5-3-4-6-16(15)18;/h3-6H,7-13H2,1-2H3,(H2,19,20,21);1H. The Morgan fingerprint density at radius 2 is 1.88 bits per heavy atom. The Bertz CT molecular complexity index is 576. The second-order valence-electron chi connectivity index (χ2n) is 5.79. The summed E-state index contributed by atoms with van der Waals surface area (Å²) in [4.78, 5) is 19.8. The lowest BCUT2D eigenvalue weighted by molar-refractivity contribution is -0.130. The van der Waals surface area contributed by atoms with Gasteiger partial charge in [-0.1, -0.05) is 29.8 Å². The summed E-state index contributed by atoms with van der Waals surface area (Å²) in [5.41, 5.74) is 1.04. The average molecular weight is 480 g/mol. The first-order valence-electron chi connectivity index (χ1n) is 8.26. The van der Waals surface area contributed by atoms with Crippen molar-refractivity contribution >= 4 is 47.4 Å². The second kappa shape index (κ2) is 11.5. The summed E-state index contributed by atoms with van der Waals surface area (Å²) in [5, 5.41) is 7.34. The summed E-state index contributed by atoms with van der Waals surface area (Å²) < 4.78 is 0. The molecule has 0 spiro atoms. The van der Waals surface area contributed by atoms with Crippen LogP contribution in [-0.2, 0) is 11.3 Å². The smallest absolute Gasteiger partial charge is 0.219 e. The highest BCUT2D eigenvalue weighted by Gasteiger charge is 2.17. The number of carbonyl (C=O) groups excluding carboxylic acids is 1. The SMILES string of the molecule is CN=C(NCCN1CCN(C(C)=O)CC1)NCc1ccccc1Cl.I. The molecular weight excluding hydrogens is 453 g/mol. The molecule has 140 valence electrons. The predicted octanol–water partition coefficient (Wildman–Crippen LogP) is 1.79. The molecule has 8 heteroatoms. The molecule has 6 nitrogen and oxygen atoms in total. The molecular formula is C17H27ClIN5O.